The van der Waals surface area contributed by atoms with Crippen LogP contribution in [0, 0.1) is 5.92 Å². The van der Waals surface area contributed by atoms with Crippen LogP contribution in [0.15, 0.2) is 42.6 Å². The third-order valence-electron chi connectivity index (χ3n) is 4.66. The van der Waals surface area contributed by atoms with Crippen molar-refractivity contribution in [3.8, 4) is 0 Å². The average Bonchev–Trinajstić information content (AvgIpc) is 3.30. The fourth-order valence-corrected chi connectivity index (χ4v) is 2.94. The number of tetrazole rings is 1. The van der Waals surface area contributed by atoms with Crippen molar-refractivity contribution < 1.29 is 4.79 Å². The Labute approximate surface area is 149 Å². The fourth-order valence-electron chi connectivity index (χ4n) is 2.94. The lowest BCUT2D eigenvalue weighted by atomic mass is 9.98. The summed E-state index contributed by atoms with van der Waals surface area (Å²) in [7, 11) is 0. The summed E-state index contributed by atoms with van der Waals surface area (Å²) in [6.07, 6.45) is 2.58. The number of aromatic amines is 1. The van der Waals surface area contributed by atoms with Crippen molar-refractivity contribution in [1.82, 2.24) is 35.3 Å². The molecule has 0 saturated carbocycles. The van der Waals surface area contributed by atoms with Gasteiger partial charge in [0.1, 0.15) is 5.82 Å². The lowest BCUT2D eigenvalue weighted by Gasteiger charge is -2.22. The summed E-state index contributed by atoms with van der Waals surface area (Å²) in [6, 6.07) is 11.0. The molecule has 0 spiro atoms. The predicted molar refractivity (Wildman–Crippen MR) is 96.5 cm³/mol. The Morgan fingerprint density at radius 2 is 2.15 bits per heavy atom. The van der Waals surface area contributed by atoms with E-state index in [-0.39, 0.29) is 17.9 Å². The van der Waals surface area contributed by atoms with Crippen LogP contribution in [-0.2, 0) is 0 Å². The second-order valence-electron chi connectivity index (χ2n) is 6.37. The summed E-state index contributed by atoms with van der Waals surface area (Å²) in [5, 5.41) is 14.4. The molecule has 8 heteroatoms. The number of hydrogen-bond donors (Lipinski definition) is 2. The van der Waals surface area contributed by atoms with Crippen LogP contribution in [0.3, 0.4) is 0 Å². The summed E-state index contributed by atoms with van der Waals surface area (Å²) in [4.78, 5) is 20.8. The highest BCUT2D eigenvalue weighted by molar-refractivity contribution is 5.95. The number of H-pyrrole nitrogens is 1. The fraction of sp³-hybridized carbons (Fsp3) is 0.278. The molecule has 3 aromatic heterocycles. The van der Waals surface area contributed by atoms with Crippen molar-refractivity contribution >= 4 is 22.6 Å². The maximum atomic E-state index is 12.8. The molecule has 4 aromatic rings. The third-order valence-corrected chi connectivity index (χ3v) is 4.66. The van der Waals surface area contributed by atoms with E-state index in [9.17, 15) is 4.79 Å². The SMILES string of the molecule is CCC(C)C(NC(=O)c1ccn2nnnc2c1)c1nc2ccccc2[nH]1. The first kappa shape index (κ1) is 16.2. The van der Waals surface area contributed by atoms with E-state index in [0.717, 1.165) is 23.3 Å². The summed E-state index contributed by atoms with van der Waals surface area (Å²) >= 11 is 0. The van der Waals surface area contributed by atoms with Crippen molar-refractivity contribution in [2.24, 2.45) is 5.92 Å². The monoisotopic (exact) mass is 349 g/mol. The van der Waals surface area contributed by atoms with Crippen molar-refractivity contribution in [3.63, 3.8) is 0 Å². The van der Waals surface area contributed by atoms with Crippen molar-refractivity contribution in [2.75, 3.05) is 0 Å². The molecular formula is C18H19N7O. The van der Waals surface area contributed by atoms with Crippen molar-refractivity contribution in [2.45, 2.75) is 26.3 Å². The van der Waals surface area contributed by atoms with Gasteiger partial charge in [0.25, 0.3) is 5.91 Å². The number of amides is 1. The van der Waals surface area contributed by atoms with Gasteiger partial charge in [-0.05, 0) is 40.6 Å². The standard InChI is InChI=1S/C18H19N7O/c1-3-11(2)16(17-19-13-6-4-5-7-14(13)20-17)21-18(26)12-8-9-25-15(10-12)22-23-24-25/h4-11,16H,3H2,1-2H3,(H,19,20)(H,21,26). The molecule has 132 valence electrons. The summed E-state index contributed by atoms with van der Waals surface area (Å²) in [6.45, 7) is 4.20. The molecule has 26 heavy (non-hydrogen) atoms. The van der Waals surface area contributed by atoms with Crippen molar-refractivity contribution in [1.29, 1.82) is 0 Å². The molecule has 2 atom stereocenters. The zero-order valence-electron chi connectivity index (χ0n) is 14.5. The first-order chi connectivity index (χ1) is 12.7. The number of benzene rings is 1. The van der Waals surface area contributed by atoms with E-state index in [1.54, 1.807) is 18.3 Å². The van der Waals surface area contributed by atoms with Gasteiger partial charge in [0.05, 0.1) is 17.1 Å². The minimum Gasteiger partial charge on any atom is -0.342 e. The van der Waals surface area contributed by atoms with Crippen molar-refractivity contribution in [3.05, 3.63) is 54.0 Å². The van der Waals surface area contributed by atoms with Crippen LogP contribution in [0.25, 0.3) is 16.7 Å². The van der Waals surface area contributed by atoms with E-state index in [1.807, 2.05) is 24.3 Å². The van der Waals surface area contributed by atoms with E-state index in [4.69, 9.17) is 0 Å². The lowest BCUT2D eigenvalue weighted by molar-refractivity contribution is 0.0920. The topological polar surface area (TPSA) is 101 Å². The molecule has 2 N–H and O–H groups in total. The van der Waals surface area contributed by atoms with Crippen LogP contribution in [0.1, 0.15) is 42.5 Å². The molecule has 4 rings (SSSR count). The van der Waals surface area contributed by atoms with E-state index >= 15 is 0 Å². The van der Waals surface area contributed by atoms with Gasteiger partial charge in [-0.15, -0.1) is 5.10 Å². The number of nitrogens with one attached hydrogen (secondary N) is 2. The lowest BCUT2D eigenvalue weighted by Crippen LogP contribution is -2.33. The minimum absolute atomic E-state index is 0.179. The molecule has 1 amide bonds. The second kappa shape index (κ2) is 6.55. The summed E-state index contributed by atoms with van der Waals surface area (Å²) < 4.78 is 1.52. The number of aromatic nitrogens is 6. The maximum absolute atomic E-state index is 12.8. The normalized spacial score (nSPS) is 13.8. The molecule has 0 saturated heterocycles. The van der Waals surface area contributed by atoms with E-state index < -0.39 is 0 Å². The van der Waals surface area contributed by atoms with Gasteiger partial charge >= 0.3 is 0 Å². The van der Waals surface area contributed by atoms with Gasteiger partial charge in [-0.1, -0.05) is 32.4 Å². The summed E-state index contributed by atoms with van der Waals surface area (Å²) in [5.41, 5.74) is 2.89. The molecule has 0 aliphatic rings. The number of carbonyl (C=O) groups is 1. The first-order valence-electron chi connectivity index (χ1n) is 8.59. The van der Waals surface area contributed by atoms with Gasteiger partial charge in [-0.25, -0.2) is 9.50 Å². The number of para-hydroxylation sites is 2. The Morgan fingerprint density at radius 3 is 2.96 bits per heavy atom. The highest BCUT2D eigenvalue weighted by atomic mass is 16.1. The number of nitrogens with zero attached hydrogens (tertiary/aromatic N) is 5. The smallest absolute Gasteiger partial charge is 0.252 e. The van der Waals surface area contributed by atoms with Gasteiger partial charge in [-0.3, -0.25) is 4.79 Å². The van der Waals surface area contributed by atoms with Gasteiger partial charge in [0.15, 0.2) is 5.65 Å². The van der Waals surface area contributed by atoms with Crippen LogP contribution >= 0.6 is 0 Å². The number of rotatable bonds is 5. The van der Waals surface area contributed by atoms with E-state index in [2.05, 4.69) is 44.7 Å². The Morgan fingerprint density at radius 1 is 1.31 bits per heavy atom. The number of hydrogen-bond acceptors (Lipinski definition) is 5. The molecule has 2 unspecified atom stereocenters. The van der Waals surface area contributed by atoms with Gasteiger partial charge < -0.3 is 10.3 Å². The molecule has 3 heterocycles. The Bertz CT molecular complexity index is 1030. The maximum Gasteiger partial charge on any atom is 0.252 e. The summed E-state index contributed by atoms with van der Waals surface area (Å²) in [5.74, 6) is 0.804. The molecule has 1 aromatic carbocycles. The Kier molecular flexibility index (Phi) is 4.08. The number of fused-ring (bicyclic) bond motifs is 2. The molecule has 0 radical (unpaired) electrons. The van der Waals surface area contributed by atoms with Gasteiger partial charge in [-0.2, -0.15) is 0 Å². The average molecular weight is 349 g/mol. The molecule has 0 bridgehead atoms. The number of pyridine rings is 1. The van der Waals surface area contributed by atoms with Crippen LogP contribution in [0.2, 0.25) is 0 Å². The first-order valence-corrected chi connectivity index (χ1v) is 8.59. The zero-order valence-corrected chi connectivity index (χ0v) is 14.5. The predicted octanol–water partition coefficient (Wildman–Crippen LogP) is 2.52. The molecule has 0 fully saturated rings. The highest BCUT2D eigenvalue weighted by Gasteiger charge is 2.24. The van der Waals surface area contributed by atoms with Gasteiger partial charge in [0, 0.05) is 11.8 Å². The molecular weight excluding hydrogens is 330 g/mol. The zero-order chi connectivity index (χ0) is 18.1. The number of imidazole rings is 1. The van der Waals surface area contributed by atoms with Crippen LogP contribution in [0.5, 0.6) is 0 Å². The largest absolute Gasteiger partial charge is 0.342 e. The third kappa shape index (κ3) is 2.90. The van der Waals surface area contributed by atoms with Gasteiger partial charge in [0.2, 0.25) is 0 Å². The quantitative estimate of drug-likeness (QED) is 0.576. The molecule has 8 nitrogen and oxygen atoms in total. The van der Waals surface area contributed by atoms with Crippen LogP contribution in [0.4, 0.5) is 0 Å². The number of carbonyl (C=O) groups excluding carboxylic acids is 1. The molecule has 0 aliphatic heterocycles. The minimum atomic E-state index is -0.216. The molecule has 0 aliphatic carbocycles. The van der Waals surface area contributed by atoms with Crippen LogP contribution < -0.4 is 5.32 Å². The van der Waals surface area contributed by atoms with Crippen LogP contribution in [-0.4, -0.2) is 35.9 Å². The highest BCUT2D eigenvalue weighted by Crippen LogP contribution is 2.25. The Hall–Kier alpha value is -3.29. The van der Waals surface area contributed by atoms with E-state index in [1.165, 1.54) is 4.52 Å². The Balaban J connectivity index is 1.64. The second-order valence-corrected chi connectivity index (χ2v) is 6.37. The van der Waals surface area contributed by atoms with E-state index in [0.29, 0.717) is 11.2 Å².